The Morgan fingerprint density at radius 2 is 2.44 bits per heavy atom. The van der Waals surface area contributed by atoms with Gasteiger partial charge in [0.25, 0.3) is 0 Å². The van der Waals surface area contributed by atoms with Gasteiger partial charge in [-0.1, -0.05) is 19.8 Å². The predicted molar refractivity (Wildman–Crippen MR) is 64.1 cm³/mol. The van der Waals surface area contributed by atoms with Gasteiger partial charge in [0.15, 0.2) is 0 Å². The summed E-state index contributed by atoms with van der Waals surface area (Å²) < 4.78 is 2.42. The van der Waals surface area contributed by atoms with E-state index >= 15 is 0 Å². The summed E-state index contributed by atoms with van der Waals surface area (Å²) in [5.41, 5.74) is 2.76. The van der Waals surface area contributed by atoms with Gasteiger partial charge in [0, 0.05) is 31.7 Å². The van der Waals surface area contributed by atoms with E-state index in [4.69, 9.17) is 0 Å². The molecule has 0 aromatic carbocycles. The number of nitrogens with zero attached hydrogens (tertiary/aromatic N) is 2. The van der Waals surface area contributed by atoms with Crippen molar-refractivity contribution in [3.05, 3.63) is 17.7 Å². The van der Waals surface area contributed by atoms with Crippen LogP contribution in [0.5, 0.6) is 0 Å². The van der Waals surface area contributed by atoms with Crippen LogP contribution in [0.1, 0.15) is 37.6 Å². The summed E-state index contributed by atoms with van der Waals surface area (Å²) in [5, 5.41) is 3.38. The molecule has 2 unspecified atom stereocenters. The van der Waals surface area contributed by atoms with Gasteiger partial charge < -0.3 is 9.88 Å². The van der Waals surface area contributed by atoms with Crippen molar-refractivity contribution < 1.29 is 0 Å². The van der Waals surface area contributed by atoms with Crippen molar-refractivity contribution in [2.75, 3.05) is 6.54 Å². The van der Waals surface area contributed by atoms with Crippen LogP contribution in [0.25, 0.3) is 0 Å². The molecule has 0 saturated heterocycles. The first-order valence-corrected chi connectivity index (χ1v) is 6.58. The molecule has 3 nitrogen and oxygen atoms in total. The minimum Gasteiger partial charge on any atom is -0.334 e. The Kier molecular flexibility index (Phi) is 2.72. The maximum absolute atomic E-state index is 4.52. The van der Waals surface area contributed by atoms with Gasteiger partial charge in [0.2, 0.25) is 0 Å². The summed E-state index contributed by atoms with van der Waals surface area (Å²) in [7, 11) is 0. The van der Waals surface area contributed by atoms with Gasteiger partial charge in [0.1, 0.15) is 0 Å². The zero-order valence-electron chi connectivity index (χ0n) is 10.1. The molecule has 1 aromatic heterocycles. The van der Waals surface area contributed by atoms with E-state index in [1.807, 2.05) is 0 Å². The first-order chi connectivity index (χ1) is 7.84. The average molecular weight is 219 g/mol. The fourth-order valence-electron chi connectivity index (χ4n) is 3.20. The molecule has 0 radical (unpaired) electrons. The van der Waals surface area contributed by atoms with E-state index in [9.17, 15) is 0 Å². The Labute approximate surface area is 97.3 Å². The fourth-order valence-corrected chi connectivity index (χ4v) is 3.20. The highest BCUT2D eigenvalue weighted by Crippen LogP contribution is 2.32. The van der Waals surface area contributed by atoms with E-state index in [1.165, 1.54) is 37.2 Å². The van der Waals surface area contributed by atoms with Crippen LogP contribution in [0.4, 0.5) is 0 Å². The summed E-state index contributed by atoms with van der Waals surface area (Å²) in [5.74, 6) is 1.79. The lowest BCUT2D eigenvalue weighted by Gasteiger charge is -2.20. The Balaban J connectivity index is 1.76. The molecule has 2 heterocycles. The largest absolute Gasteiger partial charge is 0.334 e. The molecular weight excluding hydrogens is 198 g/mol. The third-order valence-electron chi connectivity index (χ3n) is 4.33. The number of fused-ring (bicyclic) bond motifs is 1. The van der Waals surface area contributed by atoms with Crippen LogP contribution in [0.3, 0.4) is 0 Å². The molecule has 0 bridgehead atoms. The van der Waals surface area contributed by atoms with Gasteiger partial charge in [0.05, 0.1) is 12.0 Å². The normalized spacial score (nSPS) is 29.3. The molecule has 0 amide bonds. The maximum atomic E-state index is 4.52. The minimum absolute atomic E-state index is 0.883. The average Bonchev–Trinajstić information content (AvgIpc) is 2.88. The van der Waals surface area contributed by atoms with Crippen molar-refractivity contribution in [3.8, 4) is 0 Å². The highest BCUT2D eigenvalue weighted by atomic mass is 15.1. The van der Waals surface area contributed by atoms with Crippen molar-refractivity contribution in [1.29, 1.82) is 0 Å². The summed E-state index contributed by atoms with van der Waals surface area (Å²) in [4.78, 5) is 4.52. The van der Waals surface area contributed by atoms with Gasteiger partial charge >= 0.3 is 0 Å². The van der Waals surface area contributed by atoms with Crippen molar-refractivity contribution in [2.24, 2.45) is 11.8 Å². The topological polar surface area (TPSA) is 29.9 Å². The predicted octanol–water partition coefficient (Wildman–Crippen LogP) is 1.96. The molecule has 1 aromatic rings. The number of hydrogen-bond donors (Lipinski definition) is 1. The van der Waals surface area contributed by atoms with Crippen molar-refractivity contribution >= 4 is 0 Å². The highest BCUT2D eigenvalue weighted by molar-refractivity contribution is 5.16. The van der Waals surface area contributed by atoms with Crippen molar-refractivity contribution in [3.63, 3.8) is 0 Å². The Bertz CT molecular complexity index is 369. The molecule has 1 aliphatic carbocycles. The molecule has 1 aliphatic heterocycles. The van der Waals surface area contributed by atoms with Gasteiger partial charge in [-0.25, -0.2) is 4.98 Å². The van der Waals surface area contributed by atoms with Crippen LogP contribution < -0.4 is 5.32 Å². The smallest absolute Gasteiger partial charge is 0.0952 e. The van der Waals surface area contributed by atoms with Crippen LogP contribution in [0.2, 0.25) is 0 Å². The van der Waals surface area contributed by atoms with Crippen LogP contribution >= 0.6 is 0 Å². The molecular formula is C13H21N3. The Morgan fingerprint density at radius 3 is 3.25 bits per heavy atom. The van der Waals surface area contributed by atoms with Crippen LogP contribution in [-0.2, 0) is 19.5 Å². The molecule has 16 heavy (non-hydrogen) atoms. The summed E-state index contributed by atoms with van der Waals surface area (Å²) in [6.07, 6.45) is 7.46. The van der Waals surface area contributed by atoms with E-state index in [0.717, 1.165) is 31.3 Å². The summed E-state index contributed by atoms with van der Waals surface area (Å²) >= 11 is 0. The Hall–Kier alpha value is -0.830. The lowest BCUT2D eigenvalue weighted by molar-refractivity contribution is 0.358. The second kappa shape index (κ2) is 4.21. The second-order valence-electron chi connectivity index (χ2n) is 5.39. The summed E-state index contributed by atoms with van der Waals surface area (Å²) in [6.45, 7) is 5.67. The van der Waals surface area contributed by atoms with Gasteiger partial charge in [-0.3, -0.25) is 0 Å². The third-order valence-corrected chi connectivity index (χ3v) is 4.33. The molecule has 1 fully saturated rings. The van der Waals surface area contributed by atoms with E-state index in [1.54, 1.807) is 0 Å². The second-order valence-corrected chi connectivity index (χ2v) is 5.39. The molecule has 1 N–H and O–H groups in total. The fraction of sp³-hybridized carbons (Fsp3) is 0.769. The molecule has 2 atom stereocenters. The number of imidazole rings is 1. The van der Waals surface area contributed by atoms with Gasteiger partial charge in [-0.05, 0) is 18.3 Å². The lowest BCUT2D eigenvalue weighted by Crippen LogP contribution is -2.26. The van der Waals surface area contributed by atoms with Crippen molar-refractivity contribution in [1.82, 2.24) is 14.9 Å². The van der Waals surface area contributed by atoms with E-state index in [2.05, 4.69) is 28.1 Å². The first kappa shape index (κ1) is 10.3. The molecule has 3 heteroatoms. The van der Waals surface area contributed by atoms with E-state index in [0.29, 0.717) is 0 Å². The maximum Gasteiger partial charge on any atom is 0.0952 e. The van der Waals surface area contributed by atoms with Crippen molar-refractivity contribution in [2.45, 2.75) is 45.7 Å². The molecule has 88 valence electrons. The number of nitrogens with one attached hydrogen (secondary N) is 1. The number of hydrogen-bond acceptors (Lipinski definition) is 2. The molecule has 0 spiro atoms. The summed E-state index contributed by atoms with van der Waals surface area (Å²) in [6, 6.07) is 0. The zero-order chi connectivity index (χ0) is 11.0. The van der Waals surface area contributed by atoms with Crippen LogP contribution in [0, 0.1) is 11.8 Å². The number of aromatic nitrogens is 2. The zero-order valence-corrected chi connectivity index (χ0v) is 10.1. The van der Waals surface area contributed by atoms with E-state index < -0.39 is 0 Å². The molecule has 1 saturated carbocycles. The monoisotopic (exact) mass is 219 g/mol. The molecule has 2 aliphatic rings. The van der Waals surface area contributed by atoms with Crippen LogP contribution in [0.15, 0.2) is 6.33 Å². The SMILES string of the molecule is CC1CCCC1Cn1cnc2c1CCNC2. The first-order valence-electron chi connectivity index (χ1n) is 6.58. The highest BCUT2D eigenvalue weighted by Gasteiger charge is 2.25. The minimum atomic E-state index is 0.883. The van der Waals surface area contributed by atoms with E-state index in [-0.39, 0.29) is 0 Å². The van der Waals surface area contributed by atoms with Crippen LogP contribution in [-0.4, -0.2) is 16.1 Å². The molecule has 3 rings (SSSR count). The standard InChI is InChI=1S/C13H21N3/c1-10-3-2-4-11(10)8-16-9-15-12-7-14-6-5-13(12)16/h9-11,14H,2-8H2,1H3. The lowest BCUT2D eigenvalue weighted by atomic mass is 9.98. The van der Waals surface area contributed by atoms with Gasteiger partial charge in [-0.2, -0.15) is 0 Å². The Morgan fingerprint density at radius 1 is 1.50 bits per heavy atom. The third kappa shape index (κ3) is 1.77. The van der Waals surface area contributed by atoms with Gasteiger partial charge in [-0.15, -0.1) is 0 Å². The number of rotatable bonds is 2. The quantitative estimate of drug-likeness (QED) is 0.824.